The Bertz CT molecular complexity index is 461. The number of anilines is 1. The second-order valence-corrected chi connectivity index (χ2v) is 4.28. The minimum absolute atomic E-state index is 0.149. The zero-order chi connectivity index (χ0) is 11.5. The number of hydrogen-bond donors (Lipinski definition) is 1. The smallest absolute Gasteiger partial charge is 0.128 e. The van der Waals surface area contributed by atoms with Crippen LogP contribution in [0, 0.1) is 6.92 Å². The van der Waals surface area contributed by atoms with Gasteiger partial charge in [0.05, 0.1) is 12.3 Å². The lowest BCUT2D eigenvalue weighted by atomic mass is 10.1. The van der Waals surface area contributed by atoms with E-state index in [-0.39, 0.29) is 6.04 Å². The van der Waals surface area contributed by atoms with Crippen molar-refractivity contribution in [2.75, 3.05) is 5.32 Å². The van der Waals surface area contributed by atoms with Crippen LogP contribution in [0.5, 0.6) is 0 Å². The molecule has 0 aliphatic heterocycles. The Morgan fingerprint density at radius 2 is 1.88 bits per heavy atom. The van der Waals surface area contributed by atoms with E-state index >= 15 is 0 Å². The summed E-state index contributed by atoms with van der Waals surface area (Å²) in [6, 6.07) is 9.76. The lowest BCUT2D eigenvalue weighted by Gasteiger charge is -2.13. The Balaban J connectivity index is 2.10. The molecule has 0 aliphatic rings. The van der Waals surface area contributed by atoms with Crippen LogP contribution in [0.1, 0.15) is 24.3 Å². The standard InChI is InChI=1S/C13H14ClNO/c1-9-7-8-16-13(9)10(2)15-12-5-3-11(14)4-6-12/h3-8,10,15H,1-2H3. The summed E-state index contributed by atoms with van der Waals surface area (Å²) in [4.78, 5) is 0. The molecular formula is C13H14ClNO. The molecule has 0 saturated heterocycles. The summed E-state index contributed by atoms with van der Waals surface area (Å²) in [6.07, 6.45) is 1.71. The molecule has 1 aromatic heterocycles. The minimum Gasteiger partial charge on any atom is -0.467 e. The highest BCUT2D eigenvalue weighted by Crippen LogP contribution is 2.23. The number of benzene rings is 1. The molecule has 1 N–H and O–H groups in total. The molecule has 0 bridgehead atoms. The molecule has 0 saturated carbocycles. The number of nitrogens with one attached hydrogen (secondary N) is 1. The maximum atomic E-state index is 5.83. The highest BCUT2D eigenvalue weighted by molar-refractivity contribution is 6.30. The fourth-order valence-electron chi connectivity index (χ4n) is 1.69. The van der Waals surface area contributed by atoms with E-state index in [9.17, 15) is 0 Å². The molecule has 0 spiro atoms. The lowest BCUT2D eigenvalue weighted by molar-refractivity contribution is 0.487. The van der Waals surface area contributed by atoms with Gasteiger partial charge < -0.3 is 9.73 Å². The Morgan fingerprint density at radius 1 is 1.19 bits per heavy atom. The number of hydrogen-bond acceptors (Lipinski definition) is 2. The van der Waals surface area contributed by atoms with E-state index in [4.69, 9.17) is 16.0 Å². The Morgan fingerprint density at radius 3 is 2.44 bits per heavy atom. The van der Waals surface area contributed by atoms with Gasteiger partial charge in [-0.25, -0.2) is 0 Å². The first-order valence-corrected chi connectivity index (χ1v) is 5.60. The molecule has 2 aromatic rings. The van der Waals surface area contributed by atoms with Crippen molar-refractivity contribution in [3.8, 4) is 0 Å². The molecule has 1 atom stereocenters. The van der Waals surface area contributed by atoms with E-state index in [0.29, 0.717) is 0 Å². The third-order valence-electron chi connectivity index (χ3n) is 2.52. The fraction of sp³-hybridized carbons (Fsp3) is 0.231. The molecule has 16 heavy (non-hydrogen) atoms. The van der Waals surface area contributed by atoms with Crippen LogP contribution in [0.3, 0.4) is 0 Å². The SMILES string of the molecule is Cc1ccoc1C(C)Nc1ccc(Cl)cc1. The van der Waals surface area contributed by atoms with Crippen molar-refractivity contribution in [2.24, 2.45) is 0 Å². The summed E-state index contributed by atoms with van der Waals surface area (Å²) < 4.78 is 5.43. The lowest BCUT2D eigenvalue weighted by Crippen LogP contribution is -2.06. The van der Waals surface area contributed by atoms with E-state index in [1.54, 1.807) is 6.26 Å². The molecule has 2 nitrogen and oxygen atoms in total. The van der Waals surface area contributed by atoms with E-state index < -0.39 is 0 Å². The topological polar surface area (TPSA) is 25.2 Å². The third-order valence-corrected chi connectivity index (χ3v) is 2.77. The first-order valence-electron chi connectivity index (χ1n) is 5.23. The van der Waals surface area contributed by atoms with Crippen molar-refractivity contribution < 1.29 is 4.42 Å². The predicted molar refractivity (Wildman–Crippen MR) is 66.9 cm³/mol. The predicted octanol–water partition coefficient (Wildman–Crippen LogP) is 4.41. The highest BCUT2D eigenvalue weighted by Gasteiger charge is 2.11. The molecular weight excluding hydrogens is 222 g/mol. The molecule has 0 amide bonds. The quantitative estimate of drug-likeness (QED) is 0.852. The van der Waals surface area contributed by atoms with Crippen molar-refractivity contribution in [2.45, 2.75) is 19.9 Å². The van der Waals surface area contributed by atoms with E-state index in [1.165, 1.54) is 0 Å². The Kier molecular flexibility index (Phi) is 3.20. The zero-order valence-electron chi connectivity index (χ0n) is 9.33. The number of rotatable bonds is 3. The average molecular weight is 236 g/mol. The van der Waals surface area contributed by atoms with Crippen molar-refractivity contribution in [1.82, 2.24) is 0 Å². The first-order chi connectivity index (χ1) is 7.66. The van der Waals surface area contributed by atoms with Gasteiger partial charge in [0.2, 0.25) is 0 Å². The normalized spacial score (nSPS) is 12.4. The van der Waals surface area contributed by atoms with Gasteiger partial charge in [0.25, 0.3) is 0 Å². The second kappa shape index (κ2) is 4.62. The van der Waals surface area contributed by atoms with Gasteiger partial charge in [-0.3, -0.25) is 0 Å². The van der Waals surface area contributed by atoms with E-state index in [2.05, 4.69) is 12.2 Å². The maximum Gasteiger partial charge on any atom is 0.128 e. The largest absolute Gasteiger partial charge is 0.467 e. The Hall–Kier alpha value is -1.41. The summed E-state index contributed by atoms with van der Waals surface area (Å²) >= 11 is 5.83. The van der Waals surface area contributed by atoms with Crippen LogP contribution < -0.4 is 5.32 Å². The monoisotopic (exact) mass is 235 g/mol. The van der Waals surface area contributed by atoms with Crippen LogP contribution in [-0.2, 0) is 0 Å². The molecule has 1 heterocycles. The summed E-state index contributed by atoms with van der Waals surface area (Å²) in [5, 5.41) is 4.10. The molecule has 2 rings (SSSR count). The van der Waals surface area contributed by atoms with Crippen LogP contribution in [0.25, 0.3) is 0 Å². The Labute approximate surface area is 100 Å². The van der Waals surface area contributed by atoms with Crippen LogP contribution in [0.2, 0.25) is 5.02 Å². The number of halogens is 1. The van der Waals surface area contributed by atoms with Crippen molar-refractivity contribution in [1.29, 1.82) is 0 Å². The number of aryl methyl sites for hydroxylation is 1. The summed E-state index contributed by atoms with van der Waals surface area (Å²) in [6.45, 7) is 4.11. The van der Waals surface area contributed by atoms with Gasteiger partial charge in [-0.2, -0.15) is 0 Å². The van der Waals surface area contributed by atoms with Gasteiger partial charge >= 0.3 is 0 Å². The molecule has 0 fully saturated rings. The van der Waals surface area contributed by atoms with Crippen LogP contribution in [0.4, 0.5) is 5.69 Å². The summed E-state index contributed by atoms with van der Waals surface area (Å²) in [5.74, 6) is 0.968. The second-order valence-electron chi connectivity index (χ2n) is 3.84. The van der Waals surface area contributed by atoms with Crippen LogP contribution in [0.15, 0.2) is 41.0 Å². The number of furan rings is 1. The van der Waals surface area contributed by atoms with Gasteiger partial charge in [0.15, 0.2) is 0 Å². The van der Waals surface area contributed by atoms with Gasteiger partial charge in [0.1, 0.15) is 5.76 Å². The van der Waals surface area contributed by atoms with Crippen LogP contribution >= 0.6 is 11.6 Å². The fourth-order valence-corrected chi connectivity index (χ4v) is 1.82. The first kappa shape index (κ1) is 11.1. The molecule has 0 aliphatic carbocycles. The van der Waals surface area contributed by atoms with Crippen molar-refractivity contribution in [3.63, 3.8) is 0 Å². The van der Waals surface area contributed by atoms with Gasteiger partial charge in [0, 0.05) is 10.7 Å². The summed E-state index contributed by atoms with van der Waals surface area (Å²) in [7, 11) is 0. The van der Waals surface area contributed by atoms with E-state index in [1.807, 2.05) is 37.3 Å². The molecule has 84 valence electrons. The zero-order valence-corrected chi connectivity index (χ0v) is 10.1. The van der Waals surface area contributed by atoms with Gasteiger partial charge in [-0.05, 0) is 49.7 Å². The summed E-state index contributed by atoms with van der Waals surface area (Å²) in [5.41, 5.74) is 2.20. The molecule has 1 unspecified atom stereocenters. The average Bonchev–Trinajstić information content (AvgIpc) is 2.68. The molecule has 0 radical (unpaired) electrons. The van der Waals surface area contributed by atoms with Crippen LogP contribution in [-0.4, -0.2) is 0 Å². The third kappa shape index (κ3) is 2.39. The maximum absolute atomic E-state index is 5.83. The molecule has 1 aromatic carbocycles. The van der Waals surface area contributed by atoms with Crippen molar-refractivity contribution >= 4 is 17.3 Å². The minimum atomic E-state index is 0.149. The van der Waals surface area contributed by atoms with Gasteiger partial charge in [-0.1, -0.05) is 11.6 Å². The highest BCUT2D eigenvalue weighted by atomic mass is 35.5. The van der Waals surface area contributed by atoms with E-state index in [0.717, 1.165) is 22.0 Å². The van der Waals surface area contributed by atoms with Crippen molar-refractivity contribution in [3.05, 3.63) is 52.9 Å². The van der Waals surface area contributed by atoms with Gasteiger partial charge in [-0.15, -0.1) is 0 Å². The molecule has 3 heteroatoms.